The Bertz CT molecular complexity index is 823. The standard InChI is InChI=1S/C20H23ClN2O2S/c1-5-25-19(24)17-9-7-15(11-18(17)21)23-20(26)22-14(4)16-8-6-12(2)10-13(16)3/h6-11,14H,5H2,1-4H3,(H2,22,23,26)/t14-/m1/s1. The van der Waals surface area contributed by atoms with Crippen LogP contribution in [0.25, 0.3) is 0 Å². The van der Waals surface area contributed by atoms with Crippen molar-refractivity contribution in [3.63, 3.8) is 0 Å². The Hall–Kier alpha value is -2.11. The van der Waals surface area contributed by atoms with E-state index in [0.717, 1.165) is 0 Å². The summed E-state index contributed by atoms with van der Waals surface area (Å²) in [6.07, 6.45) is 0. The minimum atomic E-state index is -0.437. The van der Waals surface area contributed by atoms with Crippen LogP contribution in [0.5, 0.6) is 0 Å². The predicted octanol–water partition coefficient (Wildman–Crippen LogP) is 5.18. The van der Waals surface area contributed by atoms with Gasteiger partial charge >= 0.3 is 5.97 Å². The average Bonchev–Trinajstić information content (AvgIpc) is 2.54. The van der Waals surface area contributed by atoms with Crippen molar-refractivity contribution in [2.75, 3.05) is 11.9 Å². The fraction of sp³-hybridized carbons (Fsp3) is 0.300. The van der Waals surface area contributed by atoms with Crippen molar-refractivity contribution in [3.05, 3.63) is 63.7 Å². The molecule has 4 nitrogen and oxygen atoms in total. The van der Waals surface area contributed by atoms with Gasteiger partial charge in [0.05, 0.1) is 23.2 Å². The number of esters is 1. The summed E-state index contributed by atoms with van der Waals surface area (Å²) in [7, 11) is 0. The maximum absolute atomic E-state index is 11.8. The van der Waals surface area contributed by atoms with Crippen LogP contribution in [-0.4, -0.2) is 17.7 Å². The van der Waals surface area contributed by atoms with E-state index in [1.807, 2.05) is 0 Å². The Kier molecular flexibility index (Phi) is 7.00. The van der Waals surface area contributed by atoms with Crippen LogP contribution in [0.15, 0.2) is 36.4 Å². The van der Waals surface area contributed by atoms with Crippen molar-refractivity contribution < 1.29 is 9.53 Å². The number of hydrogen-bond acceptors (Lipinski definition) is 3. The maximum atomic E-state index is 11.8. The van der Waals surface area contributed by atoms with E-state index in [-0.39, 0.29) is 6.04 Å². The van der Waals surface area contributed by atoms with Crippen molar-refractivity contribution in [2.24, 2.45) is 0 Å². The molecule has 0 bridgehead atoms. The lowest BCUT2D eigenvalue weighted by molar-refractivity contribution is 0.0526. The number of thiocarbonyl (C=S) groups is 1. The zero-order valence-corrected chi connectivity index (χ0v) is 16.9. The third-order valence-corrected chi connectivity index (χ3v) is 4.49. The van der Waals surface area contributed by atoms with Crippen molar-refractivity contribution in [1.29, 1.82) is 0 Å². The summed E-state index contributed by atoms with van der Waals surface area (Å²) < 4.78 is 4.97. The number of aryl methyl sites for hydroxylation is 2. The molecule has 0 saturated heterocycles. The molecule has 0 heterocycles. The van der Waals surface area contributed by atoms with Crippen molar-refractivity contribution in [3.8, 4) is 0 Å². The van der Waals surface area contributed by atoms with Gasteiger partial charge in [-0.15, -0.1) is 0 Å². The summed E-state index contributed by atoms with van der Waals surface area (Å²) in [4.78, 5) is 11.8. The van der Waals surface area contributed by atoms with Crippen molar-refractivity contribution in [1.82, 2.24) is 5.32 Å². The molecule has 0 unspecified atom stereocenters. The van der Waals surface area contributed by atoms with Gasteiger partial charge in [0, 0.05) is 5.69 Å². The molecule has 0 aliphatic heterocycles. The first-order valence-electron chi connectivity index (χ1n) is 8.43. The Labute approximate surface area is 164 Å². The van der Waals surface area contributed by atoms with Gasteiger partial charge in [0.25, 0.3) is 0 Å². The zero-order chi connectivity index (χ0) is 19.3. The van der Waals surface area contributed by atoms with E-state index in [9.17, 15) is 4.79 Å². The third kappa shape index (κ3) is 5.19. The highest BCUT2D eigenvalue weighted by Crippen LogP contribution is 2.23. The molecular formula is C20H23ClN2O2S. The summed E-state index contributed by atoms with van der Waals surface area (Å²) in [5.74, 6) is -0.437. The summed E-state index contributed by atoms with van der Waals surface area (Å²) in [5.41, 5.74) is 4.68. The summed E-state index contributed by atoms with van der Waals surface area (Å²) in [6, 6.07) is 11.4. The van der Waals surface area contributed by atoms with Crippen LogP contribution >= 0.6 is 23.8 Å². The fourth-order valence-corrected chi connectivity index (χ4v) is 3.27. The largest absolute Gasteiger partial charge is 0.462 e. The average molecular weight is 391 g/mol. The lowest BCUT2D eigenvalue weighted by Gasteiger charge is -2.19. The van der Waals surface area contributed by atoms with Gasteiger partial charge in [0.15, 0.2) is 5.11 Å². The Morgan fingerprint density at radius 3 is 2.58 bits per heavy atom. The monoisotopic (exact) mass is 390 g/mol. The molecule has 138 valence electrons. The quantitative estimate of drug-likeness (QED) is 0.544. The van der Waals surface area contributed by atoms with Crippen LogP contribution in [-0.2, 0) is 4.74 Å². The molecule has 0 spiro atoms. The van der Waals surface area contributed by atoms with Gasteiger partial charge in [-0.2, -0.15) is 0 Å². The normalized spacial score (nSPS) is 11.6. The molecule has 1 atom stereocenters. The van der Waals surface area contributed by atoms with E-state index in [2.05, 4.69) is 49.6 Å². The molecule has 0 amide bonds. The molecule has 2 rings (SSSR count). The summed E-state index contributed by atoms with van der Waals surface area (Å²) >= 11 is 11.6. The van der Waals surface area contributed by atoms with Gasteiger partial charge in [-0.1, -0.05) is 35.4 Å². The number of benzene rings is 2. The number of halogens is 1. The van der Waals surface area contributed by atoms with E-state index in [1.54, 1.807) is 25.1 Å². The second-order valence-electron chi connectivity index (χ2n) is 6.10. The Balaban J connectivity index is 2.03. The number of rotatable bonds is 5. The molecule has 6 heteroatoms. The maximum Gasteiger partial charge on any atom is 0.339 e. The zero-order valence-electron chi connectivity index (χ0n) is 15.4. The van der Waals surface area contributed by atoms with Gasteiger partial charge in [0.2, 0.25) is 0 Å². The molecule has 0 radical (unpaired) electrons. The second-order valence-corrected chi connectivity index (χ2v) is 6.91. The first kappa shape index (κ1) is 20.2. The number of carbonyl (C=O) groups is 1. The minimum Gasteiger partial charge on any atom is -0.462 e. The highest BCUT2D eigenvalue weighted by molar-refractivity contribution is 7.80. The predicted molar refractivity (Wildman–Crippen MR) is 111 cm³/mol. The van der Waals surface area contributed by atoms with Crippen LogP contribution in [0.4, 0.5) is 5.69 Å². The minimum absolute atomic E-state index is 0.0601. The highest BCUT2D eigenvalue weighted by atomic mass is 35.5. The molecule has 0 saturated carbocycles. The SMILES string of the molecule is CCOC(=O)c1ccc(NC(=S)N[C@H](C)c2ccc(C)cc2C)cc1Cl. The number of carbonyl (C=O) groups excluding carboxylic acids is 1. The van der Waals surface area contributed by atoms with Gasteiger partial charge in [-0.25, -0.2) is 4.79 Å². The van der Waals surface area contributed by atoms with Crippen molar-refractivity contribution in [2.45, 2.75) is 33.7 Å². The molecule has 0 aliphatic carbocycles. The molecule has 0 aromatic heterocycles. The number of nitrogens with one attached hydrogen (secondary N) is 2. The first-order chi connectivity index (χ1) is 12.3. The fourth-order valence-electron chi connectivity index (χ4n) is 2.72. The van der Waals surface area contributed by atoms with E-state index >= 15 is 0 Å². The molecule has 2 N–H and O–H groups in total. The van der Waals surface area contributed by atoms with Gasteiger partial charge < -0.3 is 15.4 Å². The second kappa shape index (κ2) is 9.01. The van der Waals surface area contributed by atoms with Gasteiger partial charge in [-0.3, -0.25) is 0 Å². The highest BCUT2D eigenvalue weighted by Gasteiger charge is 2.13. The van der Waals surface area contributed by atoms with Crippen LogP contribution in [0, 0.1) is 13.8 Å². The molecule has 2 aromatic rings. The van der Waals surface area contributed by atoms with Gasteiger partial charge in [0.1, 0.15) is 0 Å². The lowest BCUT2D eigenvalue weighted by atomic mass is 10.0. The van der Waals surface area contributed by atoms with E-state index < -0.39 is 5.97 Å². The van der Waals surface area contributed by atoms with Crippen LogP contribution in [0.2, 0.25) is 5.02 Å². The Morgan fingerprint density at radius 1 is 1.23 bits per heavy atom. The van der Waals surface area contributed by atoms with Crippen molar-refractivity contribution >= 4 is 40.6 Å². The smallest absolute Gasteiger partial charge is 0.339 e. The molecular weight excluding hydrogens is 368 g/mol. The van der Waals surface area contributed by atoms with E-state index in [1.165, 1.54) is 16.7 Å². The van der Waals surface area contributed by atoms with Gasteiger partial charge in [-0.05, 0) is 69.2 Å². The lowest BCUT2D eigenvalue weighted by Crippen LogP contribution is -2.31. The molecule has 26 heavy (non-hydrogen) atoms. The van der Waals surface area contributed by atoms with Crippen LogP contribution in [0.3, 0.4) is 0 Å². The number of hydrogen-bond donors (Lipinski definition) is 2. The van der Waals surface area contributed by atoms with E-state index in [4.69, 9.17) is 28.6 Å². The summed E-state index contributed by atoms with van der Waals surface area (Å²) in [6.45, 7) is 8.28. The molecule has 2 aromatic carbocycles. The number of anilines is 1. The van der Waals surface area contributed by atoms with Crippen LogP contribution in [0.1, 0.15) is 46.9 Å². The summed E-state index contributed by atoms with van der Waals surface area (Å²) in [5, 5.41) is 7.17. The van der Waals surface area contributed by atoms with Crippen LogP contribution < -0.4 is 10.6 Å². The third-order valence-electron chi connectivity index (χ3n) is 3.96. The van der Waals surface area contributed by atoms with E-state index in [0.29, 0.717) is 28.0 Å². The Morgan fingerprint density at radius 2 is 1.96 bits per heavy atom. The molecule has 0 aliphatic rings. The topological polar surface area (TPSA) is 50.4 Å². The first-order valence-corrected chi connectivity index (χ1v) is 9.21. The molecule has 0 fully saturated rings. The number of ether oxygens (including phenoxy) is 1.